The first-order chi connectivity index (χ1) is 12.6. The lowest BCUT2D eigenvalue weighted by Crippen LogP contribution is -1.96. The Bertz CT molecular complexity index is 1130. The lowest BCUT2D eigenvalue weighted by Gasteiger charge is -2.05. The van der Waals surface area contributed by atoms with Crippen LogP contribution >= 0.6 is 0 Å². The van der Waals surface area contributed by atoms with Crippen molar-refractivity contribution in [3.05, 3.63) is 59.4 Å². The van der Waals surface area contributed by atoms with Crippen molar-refractivity contribution in [2.45, 2.75) is 26.3 Å². The predicted molar refractivity (Wildman–Crippen MR) is 92.6 cm³/mol. The van der Waals surface area contributed by atoms with Crippen LogP contribution in [0.2, 0.25) is 0 Å². The van der Waals surface area contributed by atoms with Gasteiger partial charge in [0.2, 0.25) is 0 Å². The van der Waals surface area contributed by atoms with Crippen molar-refractivity contribution in [1.82, 2.24) is 24.4 Å². The minimum Gasteiger partial charge on any atom is -0.268 e. The molecule has 0 unspecified atom stereocenters. The number of hydrogen-bond acceptors (Lipinski definition) is 3. The largest absolute Gasteiger partial charge is 0.268 e. The van der Waals surface area contributed by atoms with E-state index in [0.29, 0.717) is 22.7 Å². The van der Waals surface area contributed by atoms with Gasteiger partial charge in [0.05, 0.1) is 11.3 Å². The van der Waals surface area contributed by atoms with Crippen molar-refractivity contribution in [1.29, 1.82) is 0 Å². The van der Waals surface area contributed by atoms with Crippen LogP contribution in [0, 0.1) is 18.6 Å². The van der Waals surface area contributed by atoms with Crippen LogP contribution in [0.5, 0.6) is 0 Å². The van der Waals surface area contributed by atoms with Gasteiger partial charge in [0.15, 0.2) is 11.5 Å². The molecule has 0 spiro atoms. The monoisotopic (exact) mass is 351 g/mol. The first-order valence-electron chi connectivity index (χ1n) is 8.49. The van der Waals surface area contributed by atoms with Crippen LogP contribution in [0.3, 0.4) is 0 Å². The van der Waals surface area contributed by atoms with Gasteiger partial charge in [-0.15, -0.1) is 5.10 Å². The molecule has 1 aliphatic rings. The highest BCUT2D eigenvalue weighted by Crippen LogP contribution is 2.37. The molecule has 1 aromatic carbocycles. The second kappa shape index (κ2) is 5.45. The first-order valence-corrected chi connectivity index (χ1v) is 8.49. The number of aryl methyl sites for hydroxylation is 2. The van der Waals surface area contributed by atoms with E-state index in [0.717, 1.165) is 36.7 Å². The Labute approximate surface area is 147 Å². The van der Waals surface area contributed by atoms with Gasteiger partial charge in [-0.1, -0.05) is 6.07 Å². The molecule has 0 bridgehead atoms. The van der Waals surface area contributed by atoms with E-state index in [-0.39, 0.29) is 5.56 Å². The first kappa shape index (κ1) is 15.2. The van der Waals surface area contributed by atoms with E-state index in [9.17, 15) is 8.78 Å². The summed E-state index contributed by atoms with van der Waals surface area (Å²) in [4.78, 5) is 4.59. The maximum atomic E-state index is 14.5. The molecular weight excluding hydrogens is 336 g/mol. The van der Waals surface area contributed by atoms with Crippen molar-refractivity contribution in [2.75, 3.05) is 0 Å². The fraction of sp³-hybridized carbons (Fsp3) is 0.211. The minimum atomic E-state index is -0.630. The summed E-state index contributed by atoms with van der Waals surface area (Å²) in [6.45, 7) is 2.39. The molecule has 0 atom stereocenters. The highest BCUT2D eigenvalue weighted by Gasteiger charge is 2.28. The quantitative estimate of drug-likeness (QED) is 0.552. The van der Waals surface area contributed by atoms with E-state index in [4.69, 9.17) is 0 Å². The normalized spacial score (nSPS) is 13.5. The Morgan fingerprint density at radius 1 is 1.08 bits per heavy atom. The van der Waals surface area contributed by atoms with Crippen LogP contribution in [0.1, 0.15) is 17.7 Å². The summed E-state index contributed by atoms with van der Waals surface area (Å²) in [5, 5.41) is 9.15. The molecule has 7 heteroatoms. The molecule has 1 aliphatic heterocycles. The summed E-state index contributed by atoms with van der Waals surface area (Å²) in [5.74, 6) is -0.684. The Morgan fingerprint density at radius 2 is 1.96 bits per heavy atom. The molecule has 0 fully saturated rings. The van der Waals surface area contributed by atoms with Crippen LogP contribution in [-0.2, 0) is 13.0 Å². The molecule has 4 aromatic rings. The van der Waals surface area contributed by atoms with Crippen LogP contribution in [0.15, 0.2) is 36.5 Å². The number of aromatic nitrogens is 5. The molecule has 0 aliphatic carbocycles. The maximum absolute atomic E-state index is 14.5. The average molecular weight is 351 g/mol. The molecule has 5 nitrogen and oxygen atoms in total. The zero-order valence-corrected chi connectivity index (χ0v) is 14.1. The van der Waals surface area contributed by atoms with E-state index in [1.807, 2.05) is 29.1 Å². The minimum absolute atomic E-state index is 0.277. The molecule has 0 amide bonds. The van der Waals surface area contributed by atoms with Gasteiger partial charge < -0.3 is 0 Å². The maximum Gasteiger partial charge on any atom is 0.186 e. The third-order valence-electron chi connectivity index (χ3n) is 4.81. The number of pyridine rings is 1. The van der Waals surface area contributed by atoms with Crippen molar-refractivity contribution in [3.8, 4) is 22.6 Å². The van der Waals surface area contributed by atoms with Gasteiger partial charge >= 0.3 is 0 Å². The summed E-state index contributed by atoms with van der Waals surface area (Å²) >= 11 is 0. The fourth-order valence-corrected chi connectivity index (χ4v) is 3.53. The third kappa shape index (κ3) is 2.16. The van der Waals surface area contributed by atoms with Crippen molar-refractivity contribution in [3.63, 3.8) is 0 Å². The number of rotatable bonds is 2. The van der Waals surface area contributed by atoms with Crippen molar-refractivity contribution >= 4 is 5.65 Å². The lowest BCUT2D eigenvalue weighted by molar-refractivity contribution is 0.578. The van der Waals surface area contributed by atoms with E-state index in [1.54, 1.807) is 11.4 Å². The Hall–Kier alpha value is -3.09. The van der Waals surface area contributed by atoms with Gasteiger partial charge in [0.1, 0.15) is 17.3 Å². The summed E-state index contributed by atoms with van der Waals surface area (Å²) in [6, 6.07) is 8.04. The second-order valence-electron chi connectivity index (χ2n) is 6.52. The lowest BCUT2D eigenvalue weighted by atomic mass is 10.0. The smallest absolute Gasteiger partial charge is 0.186 e. The SMILES string of the molecule is Cc1cc(-c2nn3c(c2-c2nc4ccccn4n2)CCC3)c(F)cc1F. The van der Waals surface area contributed by atoms with Crippen molar-refractivity contribution in [2.24, 2.45) is 0 Å². The summed E-state index contributed by atoms with van der Waals surface area (Å²) < 4.78 is 31.8. The van der Waals surface area contributed by atoms with Gasteiger partial charge in [0.25, 0.3) is 0 Å². The van der Waals surface area contributed by atoms with Crippen LogP contribution in [-0.4, -0.2) is 24.4 Å². The summed E-state index contributed by atoms with van der Waals surface area (Å²) in [5.41, 5.74) is 3.56. The Morgan fingerprint density at radius 3 is 2.81 bits per heavy atom. The van der Waals surface area contributed by atoms with E-state index >= 15 is 0 Å². The van der Waals surface area contributed by atoms with Gasteiger partial charge in [-0.05, 0) is 43.5 Å². The number of fused-ring (bicyclic) bond motifs is 2. The van der Waals surface area contributed by atoms with Gasteiger partial charge in [-0.2, -0.15) is 5.10 Å². The number of hydrogen-bond donors (Lipinski definition) is 0. The summed E-state index contributed by atoms with van der Waals surface area (Å²) in [6.07, 6.45) is 3.63. The van der Waals surface area contributed by atoms with E-state index < -0.39 is 11.6 Å². The predicted octanol–water partition coefficient (Wildman–Crippen LogP) is 3.79. The molecule has 4 heterocycles. The second-order valence-corrected chi connectivity index (χ2v) is 6.52. The van der Waals surface area contributed by atoms with Gasteiger partial charge in [-0.3, -0.25) is 4.68 Å². The number of benzene rings is 1. The van der Waals surface area contributed by atoms with Crippen LogP contribution in [0.25, 0.3) is 28.3 Å². The molecule has 3 aromatic heterocycles. The standard InChI is InChI=1S/C19H15F2N5/c1-11-9-12(14(21)10-13(11)20)18-17(15-5-4-8-25(15)23-18)19-22-16-6-2-3-7-26(16)24-19/h2-3,6-7,9-10H,4-5,8H2,1H3. The van der Waals surface area contributed by atoms with Crippen LogP contribution in [0.4, 0.5) is 8.78 Å². The van der Waals surface area contributed by atoms with E-state index in [2.05, 4.69) is 15.2 Å². The Balaban J connectivity index is 1.79. The molecule has 0 N–H and O–H groups in total. The van der Waals surface area contributed by atoms with Crippen LogP contribution < -0.4 is 0 Å². The zero-order valence-electron chi connectivity index (χ0n) is 14.1. The molecule has 26 heavy (non-hydrogen) atoms. The highest BCUT2D eigenvalue weighted by atomic mass is 19.1. The van der Waals surface area contributed by atoms with Gasteiger partial charge in [-0.25, -0.2) is 18.3 Å². The third-order valence-corrected chi connectivity index (χ3v) is 4.81. The fourth-order valence-electron chi connectivity index (χ4n) is 3.53. The molecule has 0 saturated heterocycles. The zero-order chi connectivity index (χ0) is 17.8. The van der Waals surface area contributed by atoms with Gasteiger partial charge in [0, 0.05) is 24.4 Å². The summed E-state index contributed by atoms with van der Waals surface area (Å²) in [7, 11) is 0. The molecule has 5 rings (SSSR count). The highest BCUT2D eigenvalue weighted by molar-refractivity contribution is 5.81. The average Bonchev–Trinajstić information content (AvgIpc) is 3.30. The van der Waals surface area contributed by atoms with Crippen molar-refractivity contribution < 1.29 is 8.78 Å². The van der Waals surface area contributed by atoms with E-state index in [1.165, 1.54) is 6.07 Å². The molecule has 130 valence electrons. The molecule has 0 saturated carbocycles. The molecule has 0 radical (unpaired) electrons. The number of nitrogens with zero attached hydrogens (tertiary/aromatic N) is 5. The Kier molecular flexibility index (Phi) is 3.19. The topological polar surface area (TPSA) is 48.0 Å². The molecular formula is C19H15F2N5. The number of halogens is 2.